The van der Waals surface area contributed by atoms with Gasteiger partial charge >= 0.3 is 0 Å². The highest BCUT2D eigenvalue weighted by atomic mass is 19.1. The van der Waals surface area contributed by atoms with Gasteiger partial charge < -0.3 is 10.5 Å². The van der Waals surface area contributed by atoms with Crippen LogP contribution in [0.3, 0.4) is 0 Å². The van der Waals surface area contributed by atoms with Crippen LogP contribution < -0.4 is 10.5 Å². The zero-order chi connectivity index (χ0) is 13.8. The fourth-order valence-electron chi connectivity index (χ4n) is 1.81. The van der Waals surface area contributed by atoms with Crippen molar-refractivity contribution in [3.63, 3.8) is 0 Å². The summed E-state index contributed by atoms with van der Waals surface area (Å²) < 4.78 is 19.0. The van der Waals surface area contributed by atoms with Crippen LogP contribution in [0.4, 0.5) is 4.39 Å². The van der Waals surface area contributed by atoms with Crippen molar-refractivity contribution in [2.45, 2.75) is 26.3 Å². The number of aromatic nitrogens is 1. The Morgan fingerprint density at radius 3 is 2.89 bits per heavy atom. The molecule has 0 saturated carbocycles. The van der Waals surface area contributed by atoms with Crippen LogP contribution in [0.15, 0.2) is 36.5 Å². The Morgan fingerprint density at radius 2 is 2.16 bits per heavy atom. The second-order valence-electron chi connectivity index (χ2n) is 4.66. The first kappa shape index (κ1) is 13.5. The van der Waals surface area contributed by atoms with E-state index in [1.165, 1.54) is 12.1 Å². The Labute approximate surface area is 112 Å². The van der Waals surface area contributed by atoms with Crippen LogP contribution in [0.5, 0.6) is 11.6 Å². The van der Waals surface area contributed by atoms with Gasteiger partial charge in [-0.2, -0.15) is 0 Å². The highest BCUT2D eigenvalue weighted by Gasteiger charge is 2.10. The zero-order valence-corrected chi connectivity index (χ0v) is 11.1. The van der Waals surface area contributed by atoms with Gasteiger partial charge in [-0.3, -0.25) is 0 Å². The van der Waals surface area contributed by atoms with Crippen molar-refractivity contribution in [1.82, 2.24) is 4.98 Å². The van der Waals surface area contributed by atoms with Gasteiger partial charge in [-0.05, 0) is 38.0 Å². The van der Waals surface area contributed by atoms with E-state index in [0.29, 0.717) is 18.1 Å². The molecule has 0 fully saturated rings. The standard InChI is InChI=1S/C15H17FN2O/c1-10-5-6-13(16)9-14(10)19-15-12(8-11(2)17)4-3-7-18-15/h3-7,9,11H,8,17H2,1-2H3. The summed E-state index contributed by atoms with van der Waals surface area (Å²) in [7, 11) is 0. The van der Waals surface area contributed by atoms with Gasteiger partial charge in [0.05, 0.1) is 0 Å². The Morgan fingerprint density at radius 1 is 1.37 bits per heavy atom. The summed E-state index contributed by atoms with van der Waals surface area (Å²) in [5.74, 6) is 0.628. The van der Waals surface area contributed by atoms with Crippen LogP contribution >= 0.6 is 0 Å². The van der Waals surface area contributed by atoms with Gasteiger partial charge in [0.15, 0.2) is 0 Å². The maximum Gasteiger partial charge on any atom is 0.222 e. The predicted octanol–water partition coefficient (Wildman–Crippen LogP) is 3.21. The molecule has 0 radical (unpaired) electrons. The number of nitrogens with zero attached hydrogens (tertiary/aromatic N) is 1. The van der Waals surface area contributed by atoms with Crippen molar-refractivity contribution in [1.29, 1.82) is 0 Å². The molecule has 1 aromatic heterocycles. The molecular weight excluding hydrogens is 243 g/mol. The average molecular weight is 260 g/mol. The molecule has 1 aromatic carbocycles. The Hall–Kier alpha value is -1.94. The third-order valence-corrected chi connectivity index (χ3v) is 2.75. The maximum atomic E-state index is 13.2. The molecule has 1 unspecified atom stereocenters. The number of nitrogens with two attached hydrogens (primary N) is 1. The molecule has 1 atom stereocenters. The number of pyridine rings is 1. The van der Waals surface area contributed by atoms with Crippen molar-refractivity contribution >= 4 is 0 Å². The SMILES string of the molecule is Cc1ccc(F)cc1Oc1ncccc1CC(C)N. The minimum Gasteiger partial charge on any atom is -0.438 e. The van der Waals surface area contributed by atoms with Crippen molar-refractivity contribution in [2.24, 2.45) is 5.73 Å². The summed E-state index contributed by atoms with van der Waals surface area (Å²) in [6.45, 7) is 3.78. The summed E-state index contributed by atoms with van der Waals surface area (Å²) in [6.07, 6.45) is 2.31. The summed E-state index contributed by atoms with van der Waals surface area (Å²) in [5, 5.41) is 0. The number of ether oxygens (including phenoxy) is 1. The van der Waals surface area contributed by atoms with Crippen molar-refractivity contribution in [2.75, 3.05) is 0 Å². The van der Waals surface area contributed by atoms with Crippen molar-refractivity contribution in [3.05, 3.63) is 53.5 Å². The molecule has 0 aliphatic heterocycles. The molecule has 0 spiro atoms. The fourth-order valence-corrected chi connectivity index (χ4v) is 1.81. The molecule has 100 valence electrons. The van der Waals surface area contributed by atoms with E-state index in [2.05, 4.69) is 4.98 Å². The monoisotopic (exact) mass is 260 g/mol. The van der Waals surface area contributed by atoms with Crippen LogP contribution in [0.25, 0.3) is 0 Å². The summed E-state index contributed by atoms with van der Waals surface area (Å²) in [4.78, 5) is 4.20. The maximum absolute atomic E-state index is 13.2. The second kappa shape index (κ2) is 5.80. The van der Waals surface area contributed by atoms with E-state index in [-0.39, 0.29) is 11.9 Å². The van der Waals surface area contributed by atoms with E-state index in [1.54, 1.807) is 12.3 Å². The molecule has 2 N–H and O–H groups in total. The predicted molar refractivity (Wildman–Crippen MR) is 72.8 cm³/mol. The molecule has 1 heterocycles. The Bertz CT molecular complexity index is 570. The highest BCUT2D eigenvalue weighted by molar-refractivity contribution is 5.38. The van der Waals surface area contributed by atoms with Crippen LogP contribution in [0.1, 0.15) is 18.1 Å². The first-order chi connectivity index (χ1) is 9.06. The smallest absolute Gasteiger partial charge is 0.222 e. The van der Waals surface area contributed by atoms with Crippen LogP contribution in [-0.4, -0.2) is 11.0 Å². The van der Waals surface area contributed by atoms with Crippen LogP contribution in [0, 0.1) is 12.7 Å². The van der Waals surface area contributed by atoms with Gasteiger partial charge in [-0.25, -0.2) is 9.37 Å². The highest BCUT2D eigenvalue weighted by Crippen LogP contribution is 2.27. The fraction of sp³-hybridized carbons (Fsp3) is 0.267. The van der Waals surface area contributed by atoms with Gasteiger partial charge in [0.1, 0.15) is 11.6 Å². The normalized spacial score (nSPS) is 12.2. The van der Waals surface area contributed by atoms with E-state index in [0.717, 1.165) is 11.1 Å². The molecule has 3 nitrogen and oxygen atoms in total. The van der Waals surface area contributed by atoms with Crippen molar-refractivity contribution in [3.8, 4) is 11.6 Å². The molecular formula is C15H17FN2O. The van der Waals surface area contributed by atoms with Gasteiger partial charge in [0, 0.05) is 23.9 Å². The lowest BCUT2D eigenvalue weighted by molar-refractivity contribution is 0.446. The third kappa shape index (κ3) is 3.51. The van der Waals surface area contributed by atoms with E-state index in [4.69, 9.17) is 10.5 Å². The lowest BCUT2D eigenvalue weighted by atomic mass is 10.1. The minimum absolute atomic E-state index is 0.0140. The number of aryl methyl sites for hydroxylation is 1. The lowest BCUT2D eigenvalue weighted by Gasteiger charge is -2.12. The van der Waals surface area contributed by atoms with E-state index in [9.17, 15) is 4.39 Å². The molecule has 0 amide bonds. The number of rotatable bonds is 4. The molecule has 2 rings (SSSR count). The van der Waals surface area contributed by atoms with Crippen LogP contribution in [0.2, 0.25) is 0 Å². The van der Waals surface area contributed by atoms with Crippen molar-refractivity contribution < 1.29 is 9.13 Å². The molecule has 4 heteroatoms. The second-order valence-corrected chi connectivity index (χ2v) is 4.66. The topological polar surface area (TPSA) is 48.1 Å². The van der Waals surface area contributed by atoms with Crippen LogP contribution in [-0.2, 0) is 6.42 Å². The summed E-state index contributed by atoms with van der Waals surface area (Å²) in [6, 6.07) is 8.21. The molecule has 0 saturated heterocycles. The summed E-state index contributed by atoms with van der Waals surface area (Å²) in [5.41, 5.74) is 7.58. The van der Waals surface area contributed by atoms with E-state index < -0.39 is 0 Å². The molecule has 0 bridgehead atoms. The van der Waals surface area contributed by atoms with E-state index >= 15 is 0 Å². The largest absolute Gasteiger partial charge is 0.438 e. The number of halogens is 1. The van der Waals surface area contributed by atoms with Gasteiger partial charge in [-0.1, -0.05) is 12.1 Å². The van der Waals surface area contributed by atoms with Gasteiger partial charge in [-0.15, -0.1) is 0 Å². The molecule has 2 aromatic rings. The quantitative estimate of drug-likeness (QED) is 0.918. The van der Waals surface area contributed by atoms with E-state index in [1.807, 2.05) is 26.0 Å². The van der Waals surface area contributed by atoms with Gasteiger partial charge in [0.25, 0.3) is 0 Å². The molecule has 0 aliphatic rings. The first-order valence-electron chi connectivity index (χ1n) is 6.19. The first-order valence-corrected chi connectivity index (χ1v) is 6.19. The number of benzene rings is 1. The number of hydrogen-bond acceptors (Lipinski definition) is 3. The van der Waals surface area contributed by atoms with Gasteiger partial charge in [0.2, 0.25) is 5.88 Å². The Kier molecular flexibility index (Phi) is 4.12. The average Bonchev–Trinajstić information content (AvgIpc) is 2.35. The lowest BCUT2D eigenvalue weighted by Crippen LogP contribution is -2.18. The third-order valence-electron chi connectivity index (χ3n) is 2.75. The number of hydrogen-bond donors (Lipinski definition) is 1. The minimum atomic E-state index is -0.328. The Balaban J connectivity index is 2.30. The summed E-state index contributed by atoms with van der Waals surface area (Å²) >= 11 is 0. The molecule has 0 aliphatic carbocycles. The zero-order valence-electron chi connectivity index (χ0n) is 11.1. The molecule has 19 heavy (non-hydrogen) atoms.